The number of hydrogen-bond acceptors (Lipinski definition) is 7. The number of carbonyl (C=O) groups is 3. The fourth-order valence-electron chi connectivity index (χ4n) is 3.80. The minimum absolute atomic E-state index is 0.0303. The zero-order valence-electron chi connectivity index (χ0n) is 19.4. The maximum Gasteiger partial charge on any atom is 0.340 e. The van der Waals surface area contributed by atoms with E-state index in [9.17, 15) is 14.4 Å². The molecule has 2 amide bonds. The molecule has 2 N–H and O–H groups in total. The van der Waals surface area contributed by atoms with E-state index in [0.717, 1.165) is 0 Å². The molecule has 186 valence electrons. The molecule has 0 bridgehead atoms. The van der Waals surface area contributed by atoms with Gasteiger partial charge in [0.2, 0.25) is 0 Å². The van der Waals surface area contributed by atoms with E-state index in [0.29, 0.717) is 11.1 Å². The van der Waals surface area contributed by atoms with Crippen molar-refractivity contribution in [3.8, 4) is 11.1 Å². The van der Waals surface area contributed by atoms with Crippen LogP contribution in [0.4, 0.5) is 4.39 Å². The number of amides is 2. The first kappa shape index (κ1) is 25.2. The summed E-state index contributed by atoms with van der Waals surface area (Å²) in [5.41, 5.74) is 0.0640. The van der Waals surface area contributed by atoms with Gasteiger partial charge in [-0.25, -0.2) is 19.2 Å². The molecule has 9 nitrogen and oxygen atoms in total. The van der Waals surface area contributed by atoms with Gasteiger partial charge in [0.1, 0.15) is 12.1 Å². The fraction of sp³-hybridized carbons (Fsp3) is 0.240. The molecular weight excluding hydrogens is 491 g/mol. The fourth-order valence-corrected chi connectivity index (χ4v) is 4.06. The van der Waals surface area contributed by atoms with Gasteiger partial charge in [-0.15, -0.1) is 0 Å². The summed E-state index contributed by atoms with van der Waals surface area (Å²) in [5, 5.41) is 5.60. The highest BCUT2D eigenvalue weighted by molar-refractivity contribution is 6.34. The summed E-state index contributed by atoms with van der Waals surface area (Å²) in [6.45, 7) is 1.56. The Morgan fingerprint density at radius 2 is 1.89 bits per heavy atom. The van der Waals surface area contributed by atoms with Crippen LogP contribution in [0.15, 0.2) is 55.1 Å². The predicted molar refractivity (Wildman–Crippen MR) is 128 cm³/mol. The monoisotopic (exact) mass is 512 g/mol. The predicted octanol–water partition coefficient (Wildman–Crippen LogP) is 3.10. The van der Waals surface area contributed by atoms with Gasteiger partial charge in [-0.05, 0) is 30.2 Å². The highest BCUT2D eigenvalue weighted by Crippen LogP contribution is 2.32. The van der Waals surface area contributed by atoms with Gasteiger partial charge in [0.25, 0.3) is 11.8 Å². The van der Waals surface area contributed by atoms with Crippen LogP contribution < -0.4 is 10.6 Å². The van der Waals surface area contributed by atoms with Crippen molar-refractivity contribution < 1.29 is 28.2 Å². The van der Waals surface area contributed by atoms with Crippen LogP contribution in [-0.2, 0) is 14.3 Å². The second kappa shape index (κ2) is 10.4. The van der Waals surface area contributed by atoms with Crippen molar-refractivity contribution in [2.75, 3.05) is 20.3 Å². The van der Waals surface area contributed by atoms with E-state index < -0.39 is 35.2 Å². The second-order valence-electron chi connectivity index (χ2n) is 8.24. The Morgan fingerprint density at radius 3 is 2.50 bits per heavy atom. The minimum atomic E-state index is -1.30. The van der Waals surface area contributed by atoms with Crippen LogP contribution in [-0.4, -0.2) is 53.6 Å². The highest BCUT2D eigenvalue weighted by atomic mass is 35.5. The van der Waals surface area contributed by atoms with E-state index in [1.54, 1.807) is 31.2 Å². The van der Waals surface area contributed by atoms with Gasteiger partial charge in [-0.2, -0.15) is 0 Å². The Morgan fingerprint density at radius 1 is 1.17 bits per heavy atom. The summed E-state index contributed by atoms with van der Waals surface area (Å²) < 4.78 is 25.2. The molecule has 2 heterocycles. The summed E-state index contributed by atoms with van der Waals surface area (Å²) in [5.74, 6) is -2.28. The molecule has 11 heteroatoms. The van der Waals surface area contributed by atoms with Crippen molar-refractivity contribution in [1.29, 1.82) is 0 Å². The second-order valence-corrected chi connectivity index (χ2v) is 8.65. The molecule has 3 aromatic rings. The third kappa shape index (κ3) is 4.91. The molecule has 1 aliphatic heterocycles. The van der Waals surface area contributed by atoms with Gasteiger partial charge >= 0.3 is 5.97 Å². The van der Waals surface area contributed by atoms with Gasteiger partial charge < -0.3 is 20.1 Å². The Hall–Kier alpha value is -3.89. The Balaban J connectivity index is 1.52. The molecule has 0 aliphatic carbocycles. The van der Waals surface area contributed by atoms with Crippen LogP contribution in [0.1, 0.15) is 39.2 Å². The molecule has 2 aromatic carbocycles. The number of ether oxygens (including phenoxy) is 2. The maximum absolute atomic E-state index is 15.2. The number of nitrogens with zero attached hydrogens (tertiary/aromatic N) is 2. The number of nitrogens with one attached hydrogen (secondary N) is 2. The average Bonchev–Trinajstić information content (AvgIpc) is 2.85. The first-order valence-corrected chi connectivity index (χ1v) is 11.3. The summed E-state index contributed by atoms with van der Waals surface area (Å²) in [6, 6.07) is 8.49. The van der Waals surface area contributed by atoms with Gasteiger partial charge in [-0.3, -0.25) is 9.59 Å². The molecule has 0 saturated carbocycles. The molecule has 0 radical (unpaired) electrons. The zero-order valence-corrected chi connectivity index (χ0v) is 20.1. The van der Waals surface area contributed by atoms with Crippen LogP contribution >= 0.6 is 11.6 Å². The zero-order chi connectivity index (χ0) is 25.9. The first-order valence-electron chi connectivity index (χ1n) is 10.9. The van der Waals surface area contributed by atoms with Crippen molar-refractivity contribution in [3.63, 3.8) is 0 Å². The lowest BCUT2D eigenvalue weighted by Crippen LogP contribution is -2.70. The van der Waals surface area contributed by atoms with Crippen LogP contribution in [0.2, 0.25) is 5.02 Å². The number of esters is 1. The van der Waals surface area contributed by atoms with Crippen LogP contribution in [0.3, 0.4) is 0 Å². The molecule has 1 atom stereocenters. The van der Waals surface area contributed by atoms with Crippen LogP contribution in [0, 0.1) is 5.82 Å². The lowest BCUT2D eigenvalue weighted by Gasteiger charge is -2.40. The van der Waals surface area contributed by atoms with Gasteiger partial charge in [0.05, 0.1) is 42.5 Å². The summed E-state index contributed by atoms with van der Waals surface area (Å²) in [4.78, 5) is 45.4. The van der Waals surface area contributed by atoms with Crippen molar-refractivity contribution in [3.05, 3.63) is 82.6 Å². The SMILES string of the molecule is COC(=O)c1c(Cl)cccc1-c1ccc([C@@H](C)NC(=O)C2(NC(=O)c3cncnc3)COC2)c(F)c1. The van der Waals surface area contributed by atoms with E-state index in [1.807, 2.05) is 0 Å². The molecule has 0 spiro atoms. The minimum Gasteiger partial charge on any atom is -0.465 e. The number of hydrogen-bond donors (Lipinski definition) is 2. The summed E-state index contributed by atoms with van der Waals surface area (Å²) >= 11 is 6.18. The van der Waals surface area contributed by atoms with Gasteiger partial charge in [0, 0.05) is 18.0 Å². The smallest absolute Gasteiger partial charge is 0.340 e. The quantitative estimate of drug-likeness (QED) is 0.467. The Kier molecular flexibility index (Phi) is 7.27. The lowest BCUT2D eigenvalue weighted by molar-refractivity contribution is -0.147. The molecule has 1 saturated heterocycles. The van der Waals surface area contributed by atoms with Crippen molar-refractivity contribution in [1.82, 2.24) is 20.6 Å². The van der Waals surface area contributed by atoms with E-state index in [1.165, 1.54) is 38.0 Å². The van der Waals surface area contributed by atoms with Crippen LogP contribution in [0.5, 0.6) is 0 Å². The van der Waals surface area contributed by atoms with E-state index in [4.69, 9.17) is 21.1 Å². The maximum atomic E-state index is 15.2. The Labute approximate surface area is 211 Å². The number of rotatable bonds is 7. The molecule has 0 unspecified atom stereocenters. The molecular formula is C25H22ClFN4O5. The van der Waals surface area contributed by atoms with Crippen molar-refractivity contribution in [2.24, 2.45) is 0 Å². The van der Waals surface area contributed by atoms with Crippen LogP contribution in [0.25, 0.3) is 11.1 Å². The molecule has 1 aromatic heterocycles. The van der Waals surface area contributed by atoms with Gasteiger partial charge in [0.15, 0.2) is 5.54 Å². The number of methoxy groups -OCH3 is 1. The number of benzene rings is 2. The number of aromatic nitrogens is 2. The largest absolute Gasteiger partial charge is 0.465 e. The average molecular weight is 513 g/mol. The molecule has 1 fully saturated rings. The van der Waals surface area contributed by atoms with Crippen molar-refractivity contribution >= 4 is 29.4 Å². The standard InChI is InChI=1S/C25H22ClFN4O5/c1-14(30-24(34)25(11-36-12-25)31-22(32)16-9-28-13-29-10-16)17-7-6-15(8-20(17)27)18-4-3-5-19(26)21(18)23(33)35-2/h3-10,13-14H,11-12H2,1-2H3,(H,30,34)(H,31,32)/t14-/m1/s1. The van der Waals surface area contributed by atoms with E-state index >= 15 is 4.39 Å². The van der Waals surface area contributed by atoms with E-state index in [-0.39, 0.29) is 34.9 Å². The summed E-state index contributed by atoms with van der Waals surface area (Å²) in [7, 11) is 1.24. The Bertz CT molecular complexity index is 1320. The first-order chi connectivity index (χ1) is 17.3. The van der Waals surface area contributed by atoms with E-state index in [2.05, 4.69) is 20.6 Å². The third-order valence-electron chi connectivity index (χ3n) is 5.84. The highest BCUT2D eigenvalue weighted by Gasteiger charge is 2.48. The lowest BCUT2D eigenvalue weighted by atomic mass is 9.93. The normalized spacial score (nSPS) is 14.8. The molecule has 1 aliphatic rings. The molecule has 36 heavy (non-hydrogen) atoms. The topological polar surface area (TPSA) is 120 Å². The van der Waals surface area contributed by atoms with Gasteiger partial charge in [-0.1, -0.05) is 35.9 Å². The number of halogens is 2. The van der Waals surface area contributed by atoms with Crippen molar-refractivity contribution in [2.45, 2.75) is 18.5 Å². The summed E-state index contributed by atoms with van der Waals surface area (Å²) in [6.07, 6.45) is 3.95. The molecule has 4 rings (SSSR count). The number of carbonyl (C=O) groups excluding carboxylic acids is 3. The third-order valence-corrected chi connectivity index (χ3v) is 6.15.